The lowest BCUT2D eigenvalue weighted by molar-refractivity contribution is 0.556. The van der Waals surface area contributed by atoms with E-state index in [2.05, 4.69) is 9.98 Å². The van der Waals surface area contributed by atoms with Crippen LogP contribution in [0.4, 0.5) is 0 Å². The largest absolute Gasteiger partial charge is 0.361 e. The maximum atomic E-state index is 10.4. The number of nitrogens with zero attached hydrogens (tertiary/aromatic N) is 1. The molecule has 1 fully saturated rings. The molecule has 3 nitrogen and oxygen atoms in total. The molecule has 1 saturated carbocycles. The van der Waals surface area contributed by atoms with E-state index in [9.17, 15) is 4.79 Å². The molecule has 1 N–H and O–H groups in total. The molecule has 1 aromatic heterocycles. The molecule has 0 saturated heterocycles. The Bertz CT molecular complexity index is 607. The van der Waals surface area contributed by atoms with Crippen molar-refractivity contribution in [2.24, 2.45) is 4.99 Å². The van der Waals surface area contributed by atoms with Crippen LogP contribution in [-0.4, -0.2) is 11.1 Å². The first-order chi connectivity index (χ1) is 7.77. The van der Waals surface area contributed by atoms with Crippen molar-refractivity contribution in [1.29, 1.82) is 0 Å². The quantitative estimate of drug-likeness (QED) is 0.628. The van der Waals surface area contributed by atoms with Gasteiger partial charge in [0.15, 0.2) is 0 Å². The van der Waals surface area contributed by atoms with E-state index in [4.69, 9.17) is 11.6 Å². The maximum Gasteiger partial charge on any atom is 0.235 e. The number of aromatic amines is 1. The van der Waals surface area contributed by atoms with E-state index in [0.717, 1.165) is 29.3 Å². The molecular formula is C12H9ClN2O. The van der Waals surface area contributed by atoms with Crippen molar-refractivity contribution in [2.45, 2.75) is 18.4 Å². The minimum absolute atomic E-state index is 0.399. The summed E-state index contributed by atoms with van der Waals surface area (Å²) < 4.78 is 0. The SMILES string of the molecule is O=C=NC1(c2ccc3[nH]ccc3c2Cl)CC1. The summed E-state index contributed by atoms with van der Waals surface area (Å²) >= 11 is 6.33. The van der Waals surface area contributed by atoms with Gasteiger partial charge >= 0.3 is 0 Å². The lowest BCUT2D eigenvalue weighted by Crippen LogP contribution is -2.03. The molecule has 0 aliphatic heterocycles. The lowest BCUT2D eigenvalue weighted by atomic mass is 10.0. The number of hydrogen-bond donors (Lipinski definition) is 1. The molecule has 1 aliphatic rings. The lowest BCUT2D eigenvalue weighted by Gasteiger charge is -2.10. The average Bonchev–Trinajstić information content (AvgIpc) is 2.89. The van der Waals surface area contributed by atoms with Crippen LogP contribution < -0.4 is 0 Å². The predicted octanol–water partition coefficient (Wildman–Crippen LogP) is 3.15. The second kappa shape index (κ2) is 3.21. The Labute approximate surface area is 97.1 Å². The first kappa shape index (κ1) is 9.64. The van der Waals surface area contributed by atoms with Gasteiger partial charge in [-0.15, -0.1) is 0 Å². The van der Waals surface area contributed by atoms with Gasteiger partial charge in [0.25, 0.3) is 0 Å². The summed E-state index contributed by atoms with van der Waals surface area (Å²) in [5.74, 6) is 0. The minimum Gasteiger partial charge on any atom is -0.361 e. The standard InChI is InChI=1S/C12H9ClN2O/c13-11-8-3-6-14-10(8)2-1-9(11)12(4-5-12)15-7-16/h1-3,6,14H,4-5H2. The van der Waals surface area contributed by atoms with Gasteiger partial charge in [-0.1, -0.05) is 17.7 Å². The Balaban J connectivity index is 2.24. The normalized spacial score (nSPS) is 17.1. The van der Waals surface area contributed by atoms with Crippen LogP contribution in [0.15, 0.2) is 29.4 Å². The Morgan fingerprint density at radius 1 is 1.38 bits per heavy atom. The van der Waals surface area contributed by atoms with Crippen LogP contribution in [0.25, 0.3) is 10.9 Å². The molecule has 0 spiro atoms. The first-order valence-electron chi connectivity index (χ1n) is 5.12. The summed E-state index contributed by atoms with van der Waals surface area (Å²) in [5, 5.41) is 1.67. The van der Waals surface area contributed by atoms with Gasteiger partial charge < -0.3 is 4.98 Å². The van der Waals surface area contributed by atoms with Crippen LogP contribution in [0.5, 0.6) is 0 Å². The second-order valence-electron chi connectivity index (χ2n) is 4.10. The fraction of sp³-hybridized carbons (Fsp3) is 0.250. The second-order valence-corrected chi connectivity index (χ2v) is 4.48. The minimum atomic E-state index is -0.399. The fourth-order valence-corrected chi connectivity index (χ4v) is 2.51. The highest BCUT2D eigenvalue weighted by atomic mass is 35.5. The molecule has 80 valence electrons. The molecule has 3 rings (SSSR count). The molecular weight excluding hydrogens is 224 g/mol. The van der Waals surface area contributed by atoms with E-state index in [0.29, 0.717) is 5.02 Å². The van der Waals surface area contributed by atoms with Crippen molar-refractivity contribution in [3.63, 3.8) is 0 Å². The number of benzene rings is 1. The number of H-pyrrole nitrogens is 1. The van der Waals surface area contributed by atoms with Crippen LogP contribution >= 0.6 is 11.6 Å². The van der Waals surface area contributed by atoms with Crippen LogP contribution in [0.2, 0.25) is 5.02 Å². The predicted molar refractivity (Wildman–Crippen MR) is 62.3 cm³/mol. The molecule has 0 unspecified atom stereocenters. The van der Waals surface area contributed by atoms with Gasteiger partial charge in [-0.3, -0.25) is 0 Å². The smallest absolute Gasteiger partial charge is 0.235 e. The Kier molecular flexibility index (Phi) is 1.93. The highest BCUT2D eigenvalue weighted by molar-refractivity contribution is 6.36. The number of hydrogen-bond acceptors (Lipinski definition) is 2. The van der Waals surface area contributed by atoms with E-state index < -0.39 is 5.54 Å². The van der Waals surface area contributed by atoms with Crippen molar-refractivity contribution in [2.75, 3.05) is 0 Å². The molecule has 1 aromatic carbocycles. The number of carbonyl (C=O) groups excluding carboxylic acids is 1. The van der Waals surface area contributed by atoms with E-state index >= 15 is 0 Å². The molecule has 0 atom stereocenters. The molecule has 2 aromatic rings. The molecule has 1 heterocycles. The van der Waals surface area contributed by atoms with Gasteiger partial charge in [0.05, 0.1) is 10.6 Å². The van der Waals surface area contributed by atoms with E-state index in [1.807, 2.05) is 24.4 Å². The molecule has 1 aliphatic carbocycles. The fourth-order valence-electron chi connectivity index (χ4n) is 2.10. The van der Waals surface area contributed by atoms with Crippen LogP contribution in [0, 0.1) is 0 Å². The summed E-state index contributed by atoms with van der Waals surface area (Å²) in [5.41, 5.74) is 1.54. The summed E-state index contributed by atoms with van der Waals surface area (Å²) in [6.07, 6.45) is 5.24. The van der Waals surface area contributed by atoms with Crippen LogP contribution in [0.1, 0.15) is 18.4 Å². The molecule has 0 amide bonds. The number of aliphatic imine (C=N–C) groups is 1. The van der Waals surface area contributed by atoms with Gasteiger partial charge in [0.2, 0.25) is 6.08 Å². The van der Waals surface area contributed by atoms with Gasteiger partial charge in [-0.2, -0.15) is 4.99 Å². The van der Waals surface area contributed by atoms with E-state index in [-0.39, 0.29) is 0 Å². The number of nitrogens with one attached hydrogen (secondary N) is 1. The number of halogens is 1. The number of fused-ring (bicyclic) bond motifs is 1. The third-order valence-electron chi connectivity index (χ3n) is 3.15. The van der Waals surface area contributed by atoms with Crippen molar-refractivity contribution >= 4 is 28.6 Å². The molecule has 16 heavy (non-hydrogen) atoms. The summed E-state index contributed by atoms with van der Waals surface area (Å²) in [7, 11) is 0. The number of aromatic nitrogens is 1. The maximum absolute atomic E-state index is 10.4. The molecule has 0 radical (unpaired) electrons. The van der Waals surface area contributed by atoms with Gasteiger partial charge in [-0.05, 0) is 30.5 Å². The Morgan fingerprint density at radius 3 is 2.88 bits per heavy atom. The Morgan fingerprint density at radius 2 is 2.19 bits per heavy atom. The van der Waals surface area contributed by atoms with Gasteiger partial charge in [0, 0.05) is 17.1 Å². The van der Waals surface area contributed by atoms with Crippen molar-refractivity contribution in [1.82, 2.24) is 4.98 Å². The Hall–Kier alpha value is -1.57. The van der Waals surface area contributed by atoms with Crippen molar-refractivity contribution < 1.29 is 4.79 Å². The zero-order valence-corrected chi connectivity index (χ0v) is 9.21. The first-order valence-corrected chi connectivity index (χ1v) is 5.50. The number of rotatable bonds is 2. The average molecular weight is 233 g/mol. The van der Waals surface area contributed by atoms with E-state index in [1.165, 1.54) is 0 Å². The van der Waals surface area contributed by atoms with Crippen molar-refractivity contribution in [3.8, 4) is 0 Å². The molecule has 0 bridgehead atoms. The summed E-state index contributed by atoms with van der Waals surface area (Å²) in [4.78, 5) is 17.4. The number of isocyanates is 1. The van der Waals surface area contributed by atoms with Gasteiger partial charge in [-0.25, -0.2) is 4.79 Å². The van der Waals surface area contributed by atoms with Crippen LogP contribution in [-0.2, 0) is 10.3 Å². The third-order valence-corrected chi connectivity index (χ3v) is 3.56. The highest BCUT2D eigenvalue weighted by Crippen LogP contribution is 2.52. The topological polar surface area (TPSA) is 45.2 Å². The van der Waals surface area contributed by atoms with Crippen molar-refractivity contribution in [3.05, 3.63) is 35.0 Å². The highest BCUT2D eigenvalue weighted by Gasteiger charge is 2.46. The van der Waals surface area contributed by atoms with Crippen LogP contribution in [0.3, 0.4) is 0 Å². The monoisotopic (exact) mass is 232 g/mol. The summed E-state index contributed by atoms with van der Waals surface area (Å²) in [6.45, 7) is 0. The summed E-state index contributed by atoms with van der Waals surface area (Å²) in [6, 6.07) is 5.84. The van der Waals surface area contributed by atoms with Gasteiger partial charge in [0.1, 0.15) is 0 Å². The third kappa shape index (κ3) is 1.22. The zero-order chi connectivity index (χ0) is 11.2. The van der Waals surface area contributed by atoms with E-state index in [1.54, 1.807) is 6.08 Å². The molecule has 4 heteroatoms. The zero-order valence-electron chi connectivity index (χ0n) is 8.46.